The first-order valence-electron chi connectivity index (χ1n) is 3.12. The summed E-state index contributed by atoms with van der Waals surface area (Å²) < 4.78 is 0. The first kappa shape index (κ1) is 8.75. The van der Waals surface area contributed by atoms with Crippen molar-refractivity contribution in [3.8, 4) is 0 Å². The van der Waals surface area contributed by atoms with Crippen LogP contribution in [0.25, 0.3) is 0 Å². The Balaban J connectivity index is 2.97. The summed E-state index contributed by atoms with van der Waals surface area (Å²) in [4.78, 5) is 12.5. The standard InChI is InChI=1S/C8H6BrClO/c9-5-6-3-1-2-4-7(6)8(10)11/h1-2,4-5H,3H2. The third kappa shape index (κ3) is 2.04. The molecule has 1 aliphatic carbocycles. The number of halogens is 2. The van der Waals surface area contributed by atoms with Crippen molar-refractivity contribution in [2.24, 2.45) is 0 Å². The maximum absolute atomic E-state index is 10.8. The van der Waals surface area contributed by atoms with E-state index in [2.05, 4.69) is 15.9 Å². The highest BCUT2D eigenvalue weighted by molar-refractivity contribution is 9.11. The molecule has 0 heterocycles. The van der Waals surface area contributed by atoms with Crippen LogP contribution in [0.3, 0.4) is 0 Å². The Morgan fingerprint density at radius 3 is 2.91 bits per heavy atom. The van der Waals surface area contributed by atoms with Gasteiger partial charge in [0.15, 0.2) is 0 Å². The van der Waals surface area contributed by atoms with Crippen LogP contribution in [0.2, 0.25) is 0 Å². The van der Waals surface area contributed by atoms with Crippen molar-refractivity contribution in [1.29, 1.82) is 0 Å². The van der Waals surface area contributed by atoms with Crippen LogP contribution in [0.1, 0.15) is 6.42 Å². The Morgan fingerprint density at radius 2 is 2.45 bits per heavy atom. The molecule has 0 aromatic heterocycles. The molecule has 0 spiro atoms. The minimum Gasteiger partial charge on any atom is -0.276 e. The number of hydrogen-bond donors (Lipinski definition) is 0. The molecule has 3 heteroatoms. The minimum atomic E-state index is -0.403. The van der Waals surface area contributed by atoms with Gasteiger partial charge in [-0.05, 0) is 28.6 Å². The largest absolute Gasteiger partial charge is 0.276 e. The smallest absolute Gasteiger partial charge is 0.252 e. The summed E-state index contributed by atoms with van der Waals surface area (Å²) in [6.07, 6.45) is 6.27. The third-order valence-electron chi connectivity index (χ3n) is 1.43. The van der Waals surface area contributed by atoms with Crippen molar-refractivity contribution >= 4 is 32.8 Å². The Kier molecular flexibility index (Phi) is 3.09. The molecule has 0 fully saturated rings. The molecule has 0 N–H and O–H groups in total. The molecule has 1 nitrogen and oxygen atoms in total. The fourth-order valence-electron chi connectivity index (χ4n) is 0.871. The first-order chi connectivity index (χ1) is 5.25. The topological polar surface area (TPSA) is 17.1 Å². The molecule has 0 saturated heterocycles. The van der Waals surface area contributed by atoms with Crippen molar-refractivity contribution in [2.75, 3.05) is 0 Å². The van der Waals surface area contributed by atoms with Crippen LogP contribution in [0, 0.1) is 0 Å². The van der Waals surface area contributed by atoms with Gasteiger partial charge in [0, 0.05) is 5.57 Å². The highest BCUT2D eigenvalue weighted by Gasteiger charge is 2.11. The second-order valence-electron chi connectivity index (χ2n) is 2.12. The predicted octanol–water partition coefficient (Wildman–Crippen LogP) is 2.92. The van der Waals surface area contributed by atoms with Crippen molar-refractivity contribution in [3.63, 3.8) is 0 Å². The van der Waals surface area contributed by atoms with E-state index in [1.807, 2.05) is 12.2 Å². The van der Waals surface area contributed by atoms with Gasteiger partial charge in [0.1, 0.15) is 0 Å². The summed E-state index contributed by atoms with van der Waals surface area (Å²) in [5, 5.41) is -0.403. The monoisotopic (exact) mass is 232 g/mol. The van der Waals surface area contributed by atoms with Crippen LogP contribution in [0.4, 0.5) is 0 Å². The number of rotatable bonds is 1. The Hall–Kier alpha value is -0.340. The second kappa shape index (κ2) is 3.88. The molecule has 1 rings (SSSR count). The molecule has 0 unspecified atom stereocenters. The van der Waals surface area contributed by atoms with Crippen molar-refractivity contribution in [1.82, 2.24) is 0 Å². The van der Waals surface area contributed by atoms with Gasteiger partial charge in [-0.25, -0.2) is 0 Å². The van der Waals surface area contributed by atoms with Crippen LogP contribution in [-0.2, 0) is 4.79 Å². The number of carbonyl (C=O) groups is 1. The first-order valence-corrected chi connectivity index (χ1v) is 4.41. The van der Waals surface area contributed by atoms with E-state index in [1.165, 1.54) is 0 Å². The van der Waals surface area contributed by atoms with Crippen LogP contribution < -0.4 is 0 Å². The third-order valence-corrected chi connectivity index (χ3v) is 2.18. The molecule has 0 amide bonds. The molecule has 0 aliphatic heterocycles. The average Bonchev–Trinajstić information content (AvgIpc) is 2.04. The lowest BCUT2D eigenvalue weighted by Gasteiger charge is -2.07. The fraction of sp³-hybridized carbons (Fsp3) is 0.125. The summed E-state index contributed by atoms with van der Waals surface area (Å²) in [5.41, 5.74) is 1.50. The van der Waals surface area contributed by atoms with Crippen LogP contribution in [-0.4, -0.2) is 5.24 Å². The normalized spacial score (nSPS) is 20.2. The second-order valence-corrected chi connectivity index (χ2v) is 2.92. The average molecular weight is 233 g/mol. The SMILES string of the molecule is O=C(Cl)C1=CC=CCC1=CBr. The lowest BCUT2D eigenvalue weighted by atomic mass is 10.0. The minimum absolute atomic E-state index is 0.403. The van der Waals surface area contributed by atoms with E-state index in [0.717, 1.165) is 12.0 Å². The molecule has 1 aliphatic rings. The van der Waals surface area contributed by atoms with Crippen molar-refractivity contribution < 1.29 is 4.79 Å². The molecule has 0 aromatic rings. The summed E-state index contributed by atoms with van der Waals surface area (Å²) in [6, 6.07) is 0. The summed E-state index contributed by atoms with van der Waals surface area (Å²) in [7, 11) is 0. The van der Waals surface area contributed by atoms with Crippen LogP contribution >= 0.6 is 27.5 Å². The quantitative estimate of drug-likeness (QED) is 0.637. The lowest BCUT2D eigenvalue weighted by Crippen LogP contribution is -1.99. The van der Waals surface area contributed by atoms with E-state index in [-0.39, 0.29) is 0 Å². The summed E-state index contributed by atoms with van der Waals surface area (Å²) in [6.45, 7) is 0. The highest BCUT2D eigenvalue weighted by atomic mass is 79.9. The van der Waals surface area contributed by atoms with E-state index in [1.54, 1.807) is 11.1 Å². The zero-order chi connectivity index (χ0) is 8.27. The van der Waals surface area contributed by atoms with Crippen molar-refractivity contribution in [3.05, 3.63) is 34.4 Å². The molecule has 0 atom stereocenters. The van der Waals surface area contributed by atoms with Crippen LogP contribution in [0.5, 0.6) is 0 Å². The van der Waals surface area contributed by atoms with Gasteiger partial charge < -0.3 is 0 Å². The van der Waals surface area contributed by atoms with Crippen molar-refractivity contribution in [2.45, 2.75) is 6.42 Å². The highest BCUT2D eigenvalue weighted by Crippen LogP contribution is 2.22. The van der Waals surface area contributed by atoms with Crippen LogP contribution in [0.15, 0.2) is 34.4 Å². The number of carbonyl (C=O) groups excluding carboxylic acids is 1. The van der Waals surface area contributed by atoms with E-state index in [0.29, 0.717) is 5.57 Å². The fourth-order valence-corrected chi connectivity index (χ4v) is 1.49. The van der Waals surface area contributed by atoms with Gasteiger partial charge in [-0.1, -0.05) is 34.2 Å². The van der Waals surface area contributed by atoms with E-state index >= 15 is 0 Å². The van der Waals surface area contributed by atoms with E-state index in [4.69, 9.17) is 11.6 Å². The molecule has 11 heavy (non-hydrogen) atoms. The lowest BCUT2D eigenvalue weighted by molar-refractivity contribution is -0.108. The molecule has 0 saturated carbocycles. The number of hydrogen-bond acceptors (Lipinski definition) is 1. The van der Waals surface area contributed by atoms with Gasteiger partial charge in [-0.2, -0.15) is 0 Å². The van der Waals surface area contributed by atoms with E-state index < -0.39 is 5.24 Å². The van der Waals surface area contributed by atoms with Gasteiger partial charge in [0.25, 0.3) is 5.24 Å². The van der Waals surface area contributed by atoms with E-state index in [9.17, 15) is 4.79 Å². The molecule has 58 valence electrons. The summed E-state index contributed by atoms with van der Waals surface area (Å²) >= 11 is 8.50. The Labute approximate surface area is 78.6 Å². The maximum Gasteiger partial charge on any atom is 0.252 e. The van der Waals surface area contributed by atoms with Gasteiger partial charge in [-0.3, -0.25) is 4.79 Å². The van der Waals surface area contributed by atoms with Gasteiger partial charge in [0.2, 0.25) is 0 Å². The van der Waals surface area contributed by atoms with Gasteiger partial charge >= 0.3 is 0 Å². The molecular weight excluding hydrogens is 227 g/mol. The molecule has 0 bridgehead atoms. The zero-order valence-electron chi connectivity index (χ0n) is 5.68. The number of allylic oxidation sites excluding steroid dienone is 5. The maximum atomic E-state index is 10.8. The molecule has 0 radical (unpaired) electrons. The Morgan fingerprint density at radius 1 is 1.73 bits per heavy atom. The zero-order valence-corrected chi connectivity index (χ0v) is 8.02. The Bertz CT molecular complexity index is 263. The molecular formula is C8H6BrClO. The van der Waals surface area contributed by atoms with Gasteiger partial charge in [-0.15, -0.1) is 0 Å². The van der Waals surface area contributed by atoms with Gasteiger partial charge in [0.05, 0.1) is 0 Å². The predicted molar refractivity (Wildman–Crippen MR) is 49.7 cm³/mol. The molecule has 0 aromatic carbocycles. The summed E-state index contributed by atoms with van der Waals surface area (Å²) in [5.74, 6) is 0.